The van der Waals surface area contributed by atoms with Crippen LogP contribution < -0.4 is 11.1 Å². The van der Waals surface area contributed by atoms with Crippen LogP contribution in [0.1, 0.15) is 17.4 Å². The Morgan fingerprint density at radius 1 is 1.53 bits per heavy atom. The molecule has 0 saturated carbocycles. The molecule has 6 heteroatoms. The highest BCUT2D eigenvalue weighted by Gasteiger charge is 2.12. The molecule has 1 amide bonds. The maximum atomic E-state index is 11.8. The van der Waals surface area contributed by atoms with Gasteiger partial charge in [-0.15, -0.1) is 0 Å². The molecule has 0 spiro atoms. The SMILES string of the molecule is C[C@H](CO)NC(=O)c1ccn(-c2cccc(N)c2)n1. The Kier molecular flexibility index (Phi) is 3.82. The van der Waals surface area contributed by atoms with E-state index in [4.69, 9.17) is 10.8 Å². The summed E-state index contributed by atoms with van der Waals surface area (Å²) in [7, 11) is 0. The molecule has 0 saturated heterocycles. The van der Waals surface area contributed by atoms with Gasteiger partial charge in [0.05, 0.1) is 12.3 Å². The molecule has 2 aromatic rings. The van der Waals surface area contributed by atoms with Crippen LogP contribution in [-0.4, -0.2) is 33.4 Å². The van der Waals surface area contributed by atoms with Crippen molar-refractivity contribution in [1.29, 1.82) is 0 Å². The Hall–Kier alpha value is -2.34. The number of hydrogen-bond donors (Lipinski definition) is 3. The van der Waals surface area contributed by atoms with Crippen molar-refractivity contribution < 1.29 is 9.90 Å². The maximum absolute atomic E-state index is 11.8. The first-order valence-corrected chi connectivity index (χ1v) is 5.93. The molecule has 1 aromatic heterocycles. The molecule has 1 heterocycles. The number of anilines is 1. The predicted molar refractivity (Wildman–Crippen MR) is 72.0 cm³/mol. The molecule has 0 unspecified atom stereocenters. The average Bonchev–Trinajstić information content (AvgIpc) is 2.88. The lowest BCUT2D eigenvalue weighted by Gasteiger charge is -2.08. The first kappa shape index (κ1) is 13.1. The van der Waals surface area contributed by atoms with E-state index < -0.39 is 0 Å². The first-order valence-electron chi connectivity index (χ1n) is 5.93. The molecule has 6 nitrogen and oxygen atoms in total. The van der Waals surface area contributed by atoms with Gasteiger partial charge in [-0.2, -0.15) is 5.10 Å². The highest BCUT2D eigenvalue weighted by molar-refractivity contribution is 5.92. The number of aromatic nitrogens is 2. The Labute approximate surface area is 110 Å². The highest BCUT2D eigenvalue weighted by Crippen LogP contribution is 2.11. The fourth-order valence-electron chi connectivity index (χ4n) is 1.60. The third-order valence-corrected chi connectivity index (χ3v) is 2.61. The van der Waals surface area contributed by atoms with E-state index in [9.17, 15) is 4.79 Å². The van der Waals surface area contributed by atoms with Gasteiger partial charge in [0.25, 0.3) is 5.91 Å². The molecule has 0 aliphatic rings. The molecule has 0 fully saturated rings. The van der Waals surface area contributed by atoms with Gasteiger partial charge in [-0.3, -0.25) is 4.79 Å². The Balaban J connectivity index is 2.17. The van der Waals surface area contributed by atoms with Crippen LogP contribution in [0.5, 0.6) is 0 Å². The molecule has 1 atom stereocenters. The standard InChI is InChI=1S/C13H16N4O2/c1-9(8-18)15-13(19)12-5-6-17(16-12)11-4-2-3-10(14)7-11/h2-7,9,18H,8,14H2,1H3,(H,15,19)/t9-/m1/s1. The van der Waals surface area contributed by atoms with Gasteiger partial charge in [0, 0.05) is 17.9 Å². The number of carbonyl (C=O) groups excluding carboxylic acids is 1. The molecule has 1 aromatic carbocycles. The largest absolute Gasteiger partial charge is 0.399 e. The Morgan fingerprint density at radius 3 is 3.00 bits per heavy atom. The Morgan fingerprint density at radius 2 is 2.32 bits per heavy atom. The van der Waals surface area contributed by atoms with Gasteiger partial charge in [0.1, 0.15) is 0 Å². The number of benzene rings is 1. The van der Waals surface area contributed by atoms with Gasteiger partial charge < -0.3 is 16.2 Å². The minimum absolute atomic E-state index is 0.109. The van der Waals surface area contributed by atoms with Crippen molar-refractivity contribution in [3.05, 3.63) is 42.2 Å². The fraction of sp³-hybridized carbons (Fsp3) is 0.231. The van der Waals surface area contributed by atoms with Crippen molar-refractivity contribution >= 4 is 11.6 Å². The monoisotopic (exact) mass is 260 g/mol. The van der Waals surface area contributed by atoms with Crippen LogP contribution in [0, 0.1) is 0 Å². The van der Waals surface area contributed by atoms with Gasteiger partial charge >= 0.3 is 0 Å². The summed E-state index contributed by atoms with van der Waals surface area (Å²) in [5, 5.41) is 15.7. The van der Waals surface area contributed by atoms with E-state index in [2.05, 4.69) is 10.4 Å². The zero-order chi connectivity index (χ0) is 13.8. The second-order valence-electron chi connectivity index (χ2n) is 4.30. The van der Waals surface area contributed by atoms with Crippen LogP contribution in [0.2, 0.25) is 0 Å². The van der Waals surface area contributed by atoms with Crippen LogP contribution in [0.15, 0.2) is 36.5 Å². The van der Waals surface area contributed by atoms with Crippen molar-refractivity contribution in [2.45, 2.75) is 13.0 Å². The zero-order valence-electron chi connectivity index (χ0n) is 10.6. The minimum Gasteiger partial charge on any atom is -0.399 e. The molecule has 4 N–H and O–H groups in total. The number of nitrogens with zero attached hydrogens (tertiary/aromatic N) is 2. The summed E-state index contributed by atoms with van der Waals surface area (Å²) in [6, 6.07) is 8.53. The molecular formula is C13H16N4O2. The molecule has 100 valence electrons. The highest BCUT2D eigenvalue weighted by atomic mass is 16.3. The summed E-state index contributed by atoms with van der Waals surface area (Å²) in [5.74, 6) is -0.316. The number of nitrogens with two attached hydrogens (primary N) is 1. The summed E-state index contributed by atoms with van der Waals surface area (Å²) in [6.07, 6.45) is 1.69. The van der Waals surface area contributed by atoms with Gasteiger partial charge in [0.2, 0.25) is 0 Å². The number of hydrogen-bond acceptors (Lipinski definition) is 4. The van der Waals surface area contributed by atoms with Crippen LogP contribution in [0.4, 0.5) is 5.69 Å². The average molecular weight is 260 g/mol. The van der Waals surface area contributed by atoms with Crippen LogP contribution in [-0.2, 0) is 0 Å². The summed E-state index contributed by atoms with van der Waals surface area (Å²) in [5.41, 5.74) is 7.41. The van der Waals surface area contributed by atoms with Gasteiger partial charge in [0.15, 0.2) is 5.69 Å². The number of amides is 1. The normalized spacial score (nSPS) is 12.1. The van der Waals surface area contributed by atoms with Crippen molar-refractivity contribution in [2.75, 3.05) is 12.3 Å². The third-order valence-electron chi connectivity index (χ3n) is 2.61. The number of carbonyl (C=O) groups is 1. The number of nitrogen functional groups attached to an aromatic ring is 1. The van der Waals surface area contributed by atoms with E-state index in [1.807, 2.05) is 12.1 Å². The summed E-state index contributed by atoms with van der Waals surface area (Å²) < 4.78 is 1.58. The van der Waals surface area contributed by atoms with E-state index in [1.54, 1.807) is 36.0 Å². The summed E-state index contributed by atoms with van der Waals surface area (Å²) in [4.78, 5) is 11.8. The Bertz CT molecular complexity index is 580. The van der Waals surface area contributed by atoms with Crippen molar-refractivity contribution in [3.8, 4) is 5.69 Å². The molecule has 19 heavy (non-hydrogen) atoms. The molecule has 0 aliphatic heterocycles. The van der Waals surface area contributed by atoms with Crippen molar-refractivity contribution in [3.63, 3.8) is 0 Å². The van der Waals surface area contributed by atoms with Crippen LogP contribution >= 0.6 is 0 Å². The van der Waals surface area contributed by atoms with Crippen molar-refractivity contribution in [1.82, 2.24) is 15.1 Å². The van der Waals surface area contributed by atoms with E-state index in [1.165, 1.54) is 0 Å². The lowest BCUT2D eigenvalue weighted by molar-refractivity contribution is 0.0917. The second kappa shape index (κ2) is 5.53. The lowest BCUT2D eigenvalue weighted by Crippen LogP contribution is -2.35. The van der Waals surface area contributed by atoms with Gasteiger partial charge in [-0.05, 0) is 31.2 Å². The predicted octanol–water partition coefficient (Wildman–Crippen LogP) is 0.565. The number of rotatable bonds is 4. The van der Waals surface area contributed by atoms with Crippen LogP contribution in [0.25, 0.3) is 5.69 Å². The van der Waals surface area contributed by atoms with Crippen LogP contribution in [0.3, 0.4) is 0 Å². The zero-order valence-corrected chi connectivity index (χ0v) is 10.6. The maximum Gasteiger partial charge on any atom is 0.272 e. The van der Waals surface area contributed by atoms with E-state index in [0.29, 0.717) is 11.4 Å². The fourth-order valence-corrected chi connectivity index (χ4v) is 1.60. The molecule has 2 rings (SSSR count). The number of aliphatic hydroxyl groups is 1. The summed E-state index contributed by atoms with van der Waals surface area (Å²) in [6.45, 7) is 1.61. The lowest BCUT2D eigenvalue weighted by atomic mass is 10.3. The quantitative estimate of drug-likeness (QED) is 0.700. The van der Waals surface area contributed by atoms with E-state index in [-0.39, 0.29) is 18.6 Å². The molecule has 0 aliphatic carbocycles. The smallest absolute Gasteiger partial charge is 0.272 e. The summed E-state index contributed by atoms with van der Waals surface area (Å²) >= 11 is 0. The first-order chi connectivity index (χ1) is 9.10. The molecule has 0 bridgehead atoms. The number of aliphatic hydroxyl groups excluding tert-OH is 1. The topological polar surface area (TPSA) is 93.2 Å². The van der Waals surface area contributed by atoms with Gasteiger partial charge in [-0.25, -0.2) is 4.68 Å². The van der Waals surface area contributed by atoms with Gasteiger partial charge in [-0.1, -0.05) is 6.07 Å². The van der Waals surface area contributed by atoms with Crippen molar-refractivity contribution in [2.24, 2.45) is 0 Å². The molecular weight excluding hydrogens is 244 g/mol. The minimum atomic E-state index is -0.316. The molecule has 0 radical (unpaired) electrons. The number of nitrogens with one attached hydrogen (secondary N) is 1. The van der Waals surface area contributed by atoms with E-state index in [0.717, 1.165) is 5.69 Å². The third kappa shape index (κ3) is 3.11. The van der Waals surface area contributed by atoms with E-state index >= 15 is 0 Å². The second-order valence-corrected chi connectivity index (χ2v) is 4.30.